The quantitative estimate of drug-likeness (QED) is 0.0212. The highest BCUT2D eigenvalue weighted by atomic mass is 31.2. The molecule has 0 aromatic heterocycles. The van der Waals surface area contributed by atoms with Crippen LogP contribution >= 0.6 is 7.82 Å². The zero-order chi connectivity index (χ0) is 52.9. The van der Waals surface area contributed by atoms with E-state index in [1.54, 1.807) is 0 Å². The van der Waals surface area contributed by atoms with Crippen molar-refractivity contribution in [3.05, 3.63) is 60.8 Å². The van der Waals surface area contributed by atoms with E-state index in [9.17, 15) is 19.0 Å². The molecule has 0 spiro atoms. The molecule has 0 fully saturated rings. The average Bonchev–Trinajstić information content (AvgIpc) is 3.34. The molecular weight excluding hydrogens is 916 g/mol. The molecule has 9 nitrogen and oxygen atoms in total. The van der Waals surface area contributed by atoms with Crippen molar-refractivity contribution >= 4 is 19.7 Å². The molecule has 0 aromatic carbocycles. The van der Waals surface area contributed by atoms with Gasteiger partial charge in [-0.1, -0.05) is 242 Å². The molecule has 0 rings (SSSR count). The predicted molar refractivity (Wildman–Crippen MR) is 307 cm³/mol. The van der Waals surface area contributed by atoms with E-state index >= 15 is 0 Å². The van der Waals surface area contributed by atoms with Crippen LogP contribution in [0.5, 0.6) is 0 Å². The Morgan fingerprint density at radius 2 is 0.847 bits per heavy atom. The second kappa shape index (κ2) is 52.2. The van der Waals surface area contributed by atoms with Crippen molar-refractivity contribution in [2.45, 2.75) is 283 Å². The Morgan fingerprint density at radius 3 is 1.29 bits per heavy atom. The standard InChI is InChI=1S/C62H115N2O7P/c1-7-10-13-16-19-22-25-27-29-30-31-32-33-34-35-37-40-43-46-49-52-55-62(66)71-60(53-50-47-44-41-38-24-21-18-15-12-9-3)59(58-70-72(67,68)69-57-56-64(4,5)6)63-61(65)54-51-48-45-42-39-36-28-26-23-20-17-14-11-8-2/h19,22,27,29,31-32,34-35,50,53,59-60H,7-18,20-21,23-26,28,30,33,36-49,51-52,54-58H2,1-6H3,(H-,63,65,67,68)/b22-19-,29-27-,32-31-,35-34-,53-50+. The van der Waals surface area contributed by atoms with Crippen LogP contribution < -0.4 is 10.2 Å². The van der Waals surface area contributed by atoms with E-state index in [0.717, 1.165) is 89.9 Å². The summed E-state index contributed by atoms with van der Waals surface area (Å²) in [4.78, 5) is 39.9. The lowest BCUT2D eigenvalue weighted by atomic mass is 10.0. The zero-order valence-electron chi connectivity index (χ0n) is 47.9. The van der Waals surface area contributed by atoms with E-state index in [-0.39, 0.29) is 24.9 Å². The van der Waals surface area contributed by atoms with Gasteiger partial charge in [-0.15, -0.1) is 0 Å². The smallest absolute Gasteiger partial charge is 0.306 e. The second-order valence-corrected chi connectivity index (χ2v) is 22.9. The molecule has 0 aliphatic rings. The minimum absolute atomic E-state index is 0.0258. The summed E-state index contributed by atoms with van der Waals surface area (Å²) in [5.74, 6) is -0.557. The summed E-state index contributed by atoms with van der Waals surface area (Å²) in [6.07, 6.45) is 64.6. The summed E-state index contributed by atoms with van der Waals surface area (Å²) < 4.78 is 30.2. The number of carbonyl (C=O) groups is 2. The van der Waals surface area contributed by atoms with Crippen LogP contribution in [0.3, 0.4) is 0 Å². The largest absolute Gasteiger partial charge is 0.756 e. The number of ether oxygens (including phenoxy) is 1. The highest BCUT2D eigenvalue weighted by molar-refractivity contribution is 7.45. The molecular formula is C62H115N2O7P. The molecule has 0 saturated carbocycles. The number of phosphoric acid groups is 1. The van der Waals surface area contributed by atoms with Crippen LogP contribution in [0.1, 0.15) is 271 Å². The molecule has 1 amide bonds. The molecule has 3 atom stereocenters. The first-order valence-corrected chi connectivity index (χ1v) is 31.6. The minimum Gasteiger partial charge on any atom is -0.756 e. The van der Waals surface area contributed by atoms with Crippen LogP contribution in [-0.4, -0.2) is 69.4 Å². The van der Waals surface area contributed by atoms with E-state index in [4.69, 9.17) is 13.8 Å². The van der Waals surface area contributed by atoms with Gasteiger partial charge in [-0.25, -0.2) is 0 Å². The third-order valence-electron chi connectivity index (χ3n) is 13.2. The van der Waals surface area contributed by atoms with E-state index in [1.807, 2.05) is 33.3 Å². The maximum absolute atomic E-state index is 13.5. The van der Waals surface area contributed by atoms with Crippen molar-refractivity contribution < 1.29 is 37.3 Å². The van der Waals surface area contributed by atoms with E-state index in [2.05, 4.69) is 74.7 Å². The lowest BCUT2D eigenvalue weighted by Gasteiger charge is -2.30. The number of nitrogens with zero attached hydrogens (tertiary/aromatic N) is 1. The van der Waals surface area contributed by atoms with Gasteiger partial charge in [-0.3, -0.25) is 14.2 Å². The van der Waals surface area contributed by atoms with Gasteiger partial charge in [-0.05, 0) is 76.7 Å². The Hall–Kier alpha value is -2.29. The molecule has 0 heterocycles. The third kappa shape index (κ3) is 52.6. The van der Waals surface area contributed by atoms with Gasteiger partial charge in [0.25, 0.3) is 7.82 Å². The average molecular weight is 1030 g/mol. The monoisotopic (exact) mass is 1030 g/mol. The fourth-order valence-electron chi connectivity index (χ4n) is 8.51. The Labute approximate surface area is 445 Å². The molecule has 0 radical (unpaired) electrons. The number of unbranched alkanes of at least 4 members (excludes halogenated alkanes) is 30. The third-order valence-corrected chi connectivity index (χ3v) is 14.2. The van der Waals surface area contributed by atoms with Crippen molar-refractivity contribution in [3.8, 4) is 0 Å². The summed E-state index contributed by atoms with van der Waals surface area (Å²) >= 11 is 0. The van der Waals surface area contributed by atoms with Crippen molar-refractivity contribution in [1.82, 2.24) is 5.32 Å². The van der Waals surface area contributed by atoms with Crippen LogP contribution in [0.4, 0.5) is 0 Å². The van der Waals surface area contributed by atoms with Gasteiger partial charge in [0, 0.05) is 12.8 Å². The summed E-state index contributed by atoms with van der Waals surface area (Å²) in [5, 5.41) is 3.02. The Balaban J connectivity index is 5.27. The van der Waals surface area contributed by atoms with E-state index in [0.29, 0.717) is 23.9 Å². The number of quaternary nitrogens is 1. The molecule has 1 N–H and O–H groups in total. The number of carbonyl (C=O) groups excluding carboxylic acids is 2. The number of allylic oxidation sites excluding steroid dienone is 9. The number of hydrogen-bond acceptors (Lipinski definition) is 7. The van der Waals surface area contributed by atoms with Gasteiger partial charge in [0.15, 0.2) is 0 Å². The van der Waals surface area contributed by atoms with Crippen molar-refractivity contribution in [2.75, 3.05) is 40.9 Å². The van der Waals surface area contributed by atoms with Crippen LogP contribution in [0.15, 0.2) is 60.8 Å². The number of amides is 1. The molecule has 0 bridgehead atoms. The fraction of sp³-hybridized carbons (Fsp3) is 0.806. The summed E-state index contributed by atoms with van der Waals surface area (Å²) in [5.41, 5.74) is 0. The van der Waals surface area contributed by atoms with Gasteiger partial charge >= 0.3 is 5.97 Å². The van der Waals surface area contributed by atoms with Crippen LogP contribution in [0.25, 0.3) is 0 Å². The van der Waals surface area contributed by atoms with Crippen LogP contribution in [0.2, 0.25) is 0 Å². The van der Waals surface area contributed by atoms with E-state index < -0.39 is 26.6 Å². The first-order valence-electron chi connectivity index (χ1n) is 30.1. The number of nitrogens with one attached hydrogen (secondary N) is 1. The van der Waals surface area contributed by atoms with E-state index in [1.165, 1.54) is 141 Å². The molecule has 0 aromatic rings. The normalized spacial score (nSPS) is 14.2. The molecule has 72 heavy (non-hydrogen) atoms. The fourth-order valence-corrected chi connectivity index (χ4v) is 9.23. The molecule has 420 valence electrons. The zero-order valence-corrected chi connectivity index (χ0v) is 48.8. The molecule has 3 unspecified atom stereocenters. The number of rotatable bonds is 54. The van der Waals surface area contributed by atoms with Gasteiger partial charge in [0.05, 0.1) is 33.8 Å². The first kappa shape index (κ1) is 69.7. The van der Waals surface area contributed by atoms with Crippen LogP contribution in [0, 0.1) is 0 Å². The number of likely N-dealkylation sites (N-methyl/N-ethyl adjacent to an activating group) is 1. The summed E-state index contributed by atoms with van der Waals surface area (Å²) in [6.45, 7) is 6.80. The SMILES string of the molecule is CCCCC/C=C\C/C=C\C/C=C\C/C=C\CCCCCCCC(=O)OC(/C=C/CCCCCCCCCCC)C(COP(=O)([O-])OCC[N+](C)(C)C)NC(=O)CCCCCCCCCCCCCCCC. The lowest BCUT2D eigenvalue weighted by molar-refractivity contribution is -0.870. The predicted octanol–water partition coefficient (Wildman–Crippen LogP) is 17.6. The van der Waals surface area contributed by atoms with Crippen molar-refractivity contribution in [2.24, 2.45) is 0 Å². The highest BCUT2D eigenvalue weighted by Crippen LogP contribution is 2.38. The molecule has 0 aliphatic heterocycles. The second-order valence-electron chi connectivity index (χ2n) is 21.5. The van der Waals surface area contributed by atoms with Gasteiger partial charge in [0.1, 0.15) is 19.3 Å². The summed E-state index contributed by atoms with van der Waals surface area (Å²) in [7, 11) is 1.17. The number of esters is 1. The molecule has 10 heteroatoms. The highest BCUT2D eigenvalue weighted by Gasteiger charge is 2.27. The van der Waals surface area contributed by atoms with Crippen molar-refractivity contribution in [1.29, 1.82) is 0 Å². The summed E-state index contributed by atoms with van der Waals surface area (Å²) in [6, 6.07) is -0.894. The number of hydrogen-bond donors (Lipinski definition) is 1. The molecule has 0 saturated heterocycles. The lowest BCUT2D eigenvalue weighted by Crippen LogP contribution is -2.47. The first-order chi connectivity index (χ1) is 34.9. The van der Waals surface area contributed by atoms with Crippen molar-refractivity contribution in [3.63, 3.8) is 0 Å². The minimum atomic E-state index is -4.70. The van der Waals surface area contributed by atoms with Gasteiger partial charge in [0.2, 0.25) is 5.91 Å². The maximum atomic E-state index is 13.5. The Kier molecular flexibility index (Phi) is 50.5. The Morgan fingerprint density at radius 1 is 0.486 bits per heavy atom. The Bertz CT molecular complexity index is 1420. The maximum Gasteiger partial charge on any atom is 0.306 e. The van der Waals surface area contributed by atoms with Gasteiger partial charge < -0.3 is 28.5 Å². The molecule has 0 aliphatic carbocycles. The number of phosphoric ester groups is 1. The van der Waals surface area contributed by atoms with Crippen LogP contribution in [-0.2, 0) is 27.9 Å². The van der Waals surface area contributed by atoms with Gasteiger partial charge in [-0.2, -0.15) is 0 Å². The topological polar surface area (TPSA) is 114 Å².